The summed E-state index contributed by atoms with van der Waals surface area (Å²) in [6.45, 7) is 3.39. The molecule has 0 aliphatic carbocycles. The van der Waals surface area contributed by atoms with E-state index in [0.717, 1.165) is 96.3 Å². The number of nitrogens with one attached hydrogen (secondary N) is 1. The summed E-state index contributed by atoms with van der Waals surface area (Å²) in [5.74, 6) is -0.541. The number of phosphoric acid groups is 1. The van der Waals surface area contributed by atoms with Gasteiger partial charge in [-0.2, -0.15) is 0 Å². The predicted octanol–water partition coefficient (Wildman–Crippen LogP) is 12.7. The molecule has 0 rings (SSSR count). The van der Waals surface area contributed by atoms with Gasteiger partial charge in [0, 0.05) is 19.4 Å². The van der Waals surface area contributed by atoms with Crippen molar-refractivity contribution >= 4 is 19.7 Å². The molecule has 3 N–H and O–H groups in total. The number of carbonyl (C=O) groups excluding carboxylic acids is 2. The van der Waals surface area contributed by atoms with E-state index in [2.05, 4.69) is 92.1 Å². The van der Waals surface area contributed by atoms with E-state index < -0.39 is 26.5 Å². The van der Waals surface area contributed by atoms with Crippen LogP contribution in [0.5, 0.6) is 0 Å². The summed E-state index contributed by atoms with van der Waals surface area (Å²) >= 11 is 0. The largest absolute Gasteiger partial charge is 0.472 e. The number of amides is 1. The molecule has 0 aromatic carbocycles. The minimum Gasteiger partial charge on any atom is -0.463 e. The average Bonchev–Trinajstić information content (AvgIpc) is 3.20. The summed E-state index contributed by atoms with van der Waals surface area (Å²) in [5.41, 5.74) is 0. The number of allylic oxidation sites excluding steroid dienone is 12. The van der Waals surface area contributed by atoms with Crippen LogP contribution >= 0.6 is 7.82 Å². The summed E-state index contributed by atoms with van der Waals surface area (Å²) in [4.78, 5) is 33.9. The molecule has 2 atom stereocenters. The maximum Gasteiger partial charge on any atom is 0.472 e. The lowest BCUT2D eigenvalue weighted by atomic mass is 10.1. The van der Waals surface area contributed by atoms with Gasteiger partial charge in [0.1, 0.15) is 12.7 Å². The Kier molecular flexibility index (Phi) is 41.1. The fourth-order valence-electron chi connectivity index (χ4n) is 5.75. The van der Waals surface area contributed by atoms with E-state index in [-0.39, 0.29) is 32.1 Å². The molecule has 9 nitrogen and oxygen atoms in total. The molecule has 0 saturated heterocycles. The molecular formula is C47H82NO8P. The Hall–Kier alpha value is -2.55. The number of unbranched alkanes of at least 4 members (excludes halogenated alkanes) is 16. The lowest BCUT2D eigenvalue weighted by Gasteiger charge is -2.15. The fourth-order valence-corrected chi connectivity index (χ4v) is 6.51. The maximum atomic E-state index is 12.1. The minimum absolute atomic E-state index is 0.0705. The van der Waals surface area contributed by atoms with Crippen molar-refractivity contribution in [2.24, 2.45) is 0 Å². The van der Waals surface area contributed by atoms with Crippen molar-refractivity contribution < 1.29 is 37.9 Å². The molecule has 0 fully saturated rings. The summed E-state index contributed by atoms with van der Waals surface area (Å²) in [6, 6.07) is 0. The number of rotatable bonds is 41. The van der Waals surface area contributed by atoms with E-state index in [1.54, 1.807) is 0 Å². The molecule has 0 heterocycles. The van der Waals surface area contributed by atoms with Gasteiger partial charge in [-0.25, -0.2) is 4.57 Å². The van der Waals surface area contributed by atoms with Crippen LogP contribution in [0.15, 0.2) is 72.9 Å². The molecular weight excluding hydrogens is 737 g/mol. The molecule has 0 aliphatic rings. The van der Waals surface area contributed by atoms with E-state index in [1.807, 2.05) is 0 Å². The zero-order valence-corrected chi connectivity index (χ0v) is 36.9. The Labute approximate surface area is 348 Å². The first-order valence-corrected chi connectivity index (χ1v) is 23.9. The SMILES string of the molecule is CC/C=C\C/C=C\C/C=C\C/C=C\C/C=C\CCCCCCCCCC(=O)NCCOP(=O)(O)OCC(O)COC(=O)CCCCCCC/C=C\CCCCCC. The molecule has 0 bridgehead atoms. The molecule has 0 aromatic heterocycles. The van der Waals surface area contributed by atoms with Crippen LogP contribution in [0.2, 0.25) is 0 Å². The number of hydrogen-bond donors (Lipinski definition) is 3. The fraction of sp³-hybridized carbons (Fsp3) is 0.702. The Morgan fingerprint density at radius 3 is 1.53 bits per heavy atom. The second-order valence-corrected chi connectivity index (χ2v) is 16.1. The van der Waals surface area contributed by atoms with E-state index in [1.165, 1.54) is 57.8 Å². The molecule has 10 heteroatoms. The molecule has 0 saturated carbocycles. The maximum absolute atomic E-state index is 12.1. The van der Waals surface area contributed by atoms with Crippen molar-refractivity contribution in [2.45, 2.75) is 187 Å². The van der Waals surface area contributed by atoms with E-state index in [0.29, 0.717) is 6.42 Å². The Morgan fingerprint density at radius 1 is 0.561 bits per heavy atom. The van der Waals surface area contributed by atoms with Gasteiger partial charge < -0.3 is 20.1 Å². The van der Waals surface area contributed by atoms with Crippen LogP contribution in [0.25, 0.3) is 0 Å². The molecule has 0 spiro atoms. The van der Waals surface area contributed by atoms with Crippen molar-refractivity contribution in [1.29, 1.82) is 0 Å². The van der Waals surface area contributed by atoms with Crippen LogP contribution in [0.4, 0.5) is 0 Å². The van der Waals surface area contributed by atoms with E-state index in [9.17, 15) is 24.2 Å². The van der Waals surface area contributed by atoms with Crippen molar-refractivity contribution in [3.63, 3.8) is 0 Å². The average molecular weight is 820 g/mol. The zero-order chi connectivity index (χ0) is 41.8. The Bertz CT molecular complexity index is 1160. The quantitative estimate of drug-likeness (QED) is 0.0240. The molecule has 1 amide bonds. The van der Waals surface area contributed by atoms with Gasteiger partial charge in [-0.3, -0.25) is 18.6 Å². The van der Waals surface area contributed by atoms with Gasteiger partial charge in [0.25, 0.3) is 0 Å². The van der Waals surface area contributed by atoms with E-state index >= 15 is 0 Å². The number of carbonyl (C=O) groups is 2. The summed E-state index contributed by atoms with van der Waals surface area (Å²) in [7, 11) is -4.43. The molecule has 2 unspecified atom stereocenters. The van der Waals surface area contributed by atoms with Crippen molar-refractivity contribution in [2.75, 3.05) is 26.4 Å². The molecule has 57 heavy (non-hydrogen) atoms. The van der Waals surface area contributed by atoms with Gasteiger partial charge in [0.2, 0.25) is 5.91 Å². The summed E-state index contributed by atoms with van der Waals surface area (Å²) in [5, 5.41) is 12.7. The highest BCUT2D eigenvalue weighted by Gasteiger charge is 2.23. The summed E-state index contributed by atoms with van der Waals surface area (Å²) < 4.78 is 26.9. The lowest BCUT2D eigenvalue weighted by molar-refractivity contribution is -0.147. The standard InChI is InChI=1S/C47H82NO8P/c1-3-5-7-9-11-13-15-17-18-19-20-21-22-23-24-25-26-28-29-31-33-35-37-39-46(50)48-41-42-55-57(52,53)56-44-45(49)43-54-47(51)40-38-36-34-32-30-27-16-14-12-10-8-6-4-2/h5,7,11,13-14,16-18,20-21,23-24,45,49H,3-4,6,8-10,12,15,19,22,25-44H2,1-2H3,(H,48,50)(H,52,53)/b7-5-,13-11-,16-14-,18-17-,21-20-,24-23-. The second-order valence-electron chi connectivity index (χ2n) is 14.6. The number of esters is 1. The van der Waals surface area contributed by atoms with Gasteiger partial charge in [0.05, 0.1) is 13.2 Å². The topological polar surface area (TPSA) is 131 Å². The van der Waals surface area contributed by atoms with Crippen LogP contribution < -0.4 is 5.32 Å². The van der Waals surface area contributed by atoms with Gasteiger partial charge >= 0.3 is 13.8 Å². The minimum atomic E-state index is -4.43. The number of ether oxygens (including phenoxy) is 1. The van der Waals surface area contributed by atoms with Crippen LogP contribution in [0.1, 0.15) is 181 Å². The number of hydrogen-bond acceptors (Lipinski definition) is 7. The van der Waals surface area contributed by atoms with Crippen molar-refractivity contribution in [3.8, 4) is 0 Å². The smallest absolute Gasteiger partial charge is 0.463 e. The highest BCUT2D eigenvalue weighted by Crippen LogP contribution is 2.42. The van der Waals surface area contributed by atoms with E-state index in [4.69, 9.17) is 13.8 Å². The lowest BCUT2D eigenvalue weighted by Crippen LogP contribution is -2.27. The van der Waals surface area contributed by atoms with Gasteiger partial charge in [0.15, 0.2) is 0 Å². The third-order valence-corrected chi connectivity index (χ3v) is 10.1. The Morgan fingerprint density at radius 2 is 1.00 bits per heavy atom. The van der Waals surface area contributed by atoms with Gasteiger partial charge in [-0.1, -0.05) is 157 Å². The summed E-state index contributed by atoms with van der Waals surface area (Å²) in [6.07, 6.45) is 52.6. The van der Waals surface area contributed by atoms with Crippen LogP contribution in [-0.4, -0.2) is 54.3 Å². The van der Waals surface area contributed by atoms with Crippen molar-refractivity contribution in [1.82, 2.24) is 5.32 Å². The number of phosphoric ester groups is 1. The first-order chi connectivity index (χ1) is 27.8. The zero-order valence-electron chi connectivity index (χ0n) is 36.0. The third-order valence-electron chi connectivity index (χ3n) is 9.12. The van der Waals surface area contributed by atoms with Crippen LogP contribution in [0, 0.1) is 0 Å². The van der Waals surface area contributed by atoms with Crippen LogP contribution in [-0.2, 0) is 27.9 Å². The van der Waals surface area contributed by atoms with Crippen molar-refractivity contribution in [3.05, 3.63) is 72.9 Å². The highest BCUT2D eigenvalue weighted by atomic mass is 31.2. The Balaban J connectivity index is 3.63. The molecule has 328 valence electrons. The van der Waals surface area contributed by atoms with Crippen LogP contribution in [0.3, 0.4) is 0 Å². The first kappa shape index (κ1) is 54.5. The second kappa shape index (κ2) is 43.0. The highest BCUT2D eigenvalue weighted by molar-refractivity contribution is 7.47. The predicted molar refractivity (Wildman–Crippen MR) is 238 cm³/mol. The molecule has 0 radical (unpaired) electrons. The number of aliphatic hydroxyl groups excluding tert-OH is 1. The third kappa shape index (κ3) is 44.4. The molecule has 0 aliphatic heterocycles. The van der Waals surface area contributed by atoms with Gasteiger partial charge in [-0.05, 0) is 83.5 Å². The van der Waals surface area contributed by atoms with Gasteiger partial charge in [-0.15, -0.1) is 0 Å². The monoisotopic (exact) mass is 820 g/mol. The number of aliphatic hydroxyl groups is 1. The first-order valence-electron chi connectivity index (χ1n) is 22.4. The normalized spacial score (nSPS) is 14.0. The molecule has 0 aromatic rings.